The molecule has 0 aliphatic carbocycles. The van der Waals surface area contributed by atoms with Gasteiger partial charge in [-0.2, -0.15) is 4.37 Å². The number of aromatic nitrogens is 1. The topological polar surface area (TPSA) is 108 Å². The molecule has 0 aromatic carbocycles. The number of anilines is 1. The van der Waals surface area contributed by atoms with Gasteiger partial charge < -0.3 is 16.2 Å². The molecule has 0 saturated carbocycles. The summed E-state index contributed by atoms with van der Waals surface area (Å²) < 4.78 is 8.80. The van der Waals surface area contributed by atoms with Crippen molar-refractivity contribution in [3.63, 3.8) is 0 Å². The summed E-state index contributed by atoms with van der Waals surface area (Å²) in [7, 11) is 0. The molecule has 1 rings (SSSR count). The van der Waals surface area contributed by atoms with Crippen LogP contribution >= 0.6 is 11.5 Å². The zero-order valence-electron chi connectivity index (χ0n) is 9.23. The van der Waals surface area contributed by atoms with E-state index in [2.05, 4.69) is 4.37 Å². The fraction of sp³-hybridized carbons (Fsp3) is 0.444. The first-order valence-corrected chi connectivity index (χ1v) is 5.28. The monoisotopic (exact) mass is 243 g/mol. The first-order chi connectivity index (χ1) is 7.22. The minimum atomic E-state index is -0.761. The highest BCUT2D eigenvalue weighted by molar-refractivity contribution is 7.08. The lowest BCUT2D eigenvalue weighted by Gasteiger charge is -2.18. The summed E-state index contributed by atoms with van der Waals surface area (Å²) in [4.78, 5) is 22.6. The molecule has 7 heteroatoms. The van der Waals surface area contributed by atoms with Crippen LogP contribution in [-0.2, 0) is 4.74 Å². The van der Waals surface area contributed by atoms with Gasteiger partial charge in [0.2, 0.25) is 0 Å². The van der Waals surface area contributed by atoms with Crippen LogP contribution in [0.3, 0.4) is 0 Å². The Bertz CT molecular complexity index is 434. The Balaban J connectivity index is 2.98. The van der Waals surface area contributed by atoms with Gasteiger partial charge in [-0.3, -0.25) is 4.79 Å². The van der Waals surface area contributed by atoms with Crippen molar-refractivity contribution < 1.29 is 14.3 Å². The van der Waals surface area contributed by atoms with E-state index in [4.69, 9.17) is 16.2 Å². The predicted octanol–water partition coefficient (Wildman–Crippen LogP) is 0.780. The molecule has 0 unspecified atom stereocenters. The second-order valence-corrected chi connectivity index (χ2v) is 4.91. The van der Waals surface area contributed by atoms with Crippen LogP contribution < -0.4 is 11.5 Å². The van der Waals surface area contributed by atoms with Crippen molar-refractivity contribution in [3.8, 4) is 0 Å². The number of hydrogen-bond acceptors (Lipinski definition) is 6. The third-order valence-corrected chi connectivity index (χ3v) is 2.39. The van der Waals surface area contributed by atoms with Crippen molar-refractivity contribution in [2.24, 2.45) is 5.73 Å². The van der Waals surface area contributed by atoms with E-state index >= 15 is 0 Å². The fourth-order valence-corrected chi connectivity index (χ4v) is 1.63. The van der Waals surface area contributed by atoms with E-state index in [1.54, 1.807) is 20.8 Å². The molecule has 0 spiro atoms. The van der Waals surface area contributed by atoms with Crippen LogP contribution in [-0.4, -0.2) is 21.9 Å². The van der Waals surface area contributed by atoms with E-state index in [0.29, 0.717) is 0 Å². The molecule has 4 N–H and O–H groups in total. The molecule has 0 aliphatic rings. The summed E-state index contributed by atoms with van der Waals surface area (Å²) in [6, 6.07) is 0. The molecule has 0 saturated heterocycles. The maximum absolute atomic E-state index is 11.6. The van der Waals surface area contributed by atoms with E-state index < -0.39 is 17.5 Å². The zero-order valence-corrected chi connectivity index (χ0v) is 10.1. The van der Waals surface area contributed by atoms with Gasteiger partial charge in [0.15, 0.2) is 10.6 Å². The molecule has 1 aromatic rings. The number of esters is 1. The Morgan fingerprint density at radius 3 is 2.31 bits per heavy atom. The van der Waals surface area contributed by atoms with Crippen LogP contribution in [0.5, 0.6) is 0 Å². The van der Waals surface area contributed by atoms with Gasteiger partial charge >= 0.3 is 5.97 Å². The van der Waals surface area contributed by atoms with Crippen LogP contribution in [0.1, 0.15) is 40.9 Å². The Morgan fingerprint density at radius 2 is 1.94 bits per heavy atom. The summed E-state index contributed by atoms with van der Waals surface area (Å²) in [5, 5.41) is 0. The molecule has 1 aromatic heterocycles. The number of hydrogen-bond donors (Lipinski definition) is 2. The molecule has 0 bridgehead atoms. The summed E-state index contributed by atoms with van der Waals surface area (Å²) in [5.74, 6) is -1.36. The molecule has 0 fully saturated rings. The maximum Gasteiger partial charge on any atom is 0.352 e. The number of primary amides is 1. The van der Waals surface area contributed by atoms with E-state index in [0.717, 1.165) is 11.5 Å². The van der Waals surface area contributed by atoms with Crippen molar-refractivity contribution in [1.29, 1.82) is 0 Å². The number of amides is 1. The molecule has 6 nitrogen and oxygen atoms in total. The molecular formula is C9H13N3O3S. The number of ether oxygens (including phenoxy) is 1. The molecule has 0 radical (unpaired) electrons. The Labute approximate surface area is 96.7 Å². The highest BCUT2D eigenvalue weighted by atomic mass is 32.1. The number of carbonyl (C=O) groups is 2. The van der Waals surface area contributed by atoms with Gasteiger partial charge in [0.05, 0.1) is 5.69 Å². The van der Waals surface area contributed by atoms with Crippen molar-refractivity contribution in [3.05, 3.63) is 10.6 Å². The Morgan fingerprint density at radius 1 is 1.38 bits per heavy atom. The molecular weight excluding hydrogens is 230 g/mol. The number of carbonyl (C=O) groups excluding carboxylic acids is 2. The number of nitrogen functional groups attached to an aromatic ring is 1. The van der Waals surface area contributed by atoms with Gasteiger partial charge in [-0.05, 0) is 32.3 Å². The highest BCUT2D eigenvalue weighted by Crippen LogP contribution is 2.24. The molecule has 0 aliphatic heterocycles. The van der Waals surface area contributed by atoms with Gasteiger partial charge in [0, 0.05) is 0 Å². The van der Waals surface area contributed by atoms with Crippen LogP contribution in [0, 0.1) is 0 Å². The second kappa shape index (κ2) is 4.09. The maximum atomic E-state index is 11.6. The molecule has 1 amide bonds. The summed E-state index contributed by atoms with van der Waals surface area (Å²) >= 11 is 0.803. The van der Waals surface area contributed by atoms with Crippen molar-refractivity contribution in [1.82, 2.24) is 4.37 Å². The molecule has 1 heterocycles. The van der Waals surface area contributed by atoms with Crippen LogP contribution in [0.15, 0.2) is 0 Å². The minimum Gasteiger partial charge on any atom is -0.456 e. The third-order valence-electron chi connectivity index (χ3n) is 1.55. The lowest BCUT2D eigenvalue weighted by molar-refractivity contribution is 0.00764. The SMILES string of the molecule is CC(C)(C)OC(=O)c1snc(C(N)=O)c1N. The van der Waals surface area contributed by atoms with Crippen LogP contribution in [0.25, 0.3) is 0 Å². The molecule has 0 atom stereocenters. The normalized spacial score (nSPS) is 11.2. The van der Waals surface area contributed by atoms with Gasteiger partial charge in [-0.25, -0.2) is 4.79 Å². The zero-order chi connectivity index (χ0) is 12.5. The van der Waals surface area contributed by atoms with E-state index in [1.807, 2.05) is 0 Å². The average Bonchev–Trinajstić information content (AvgIpc) is 2.43. The van der Waals surface area contributed by atoms with Crippen molar-refractivity contribution in [2.45, 2.75) is 26.4 Å². The number of nitrogens with zero attached hydrogens (tertiary/aromatic N) is 1. The largest absolute Gasteiger partial charge is 0.456 e. The number of nitrogens with two attached hydrogens (primary N) is 2. The lowest BCUT2D eigenvalue weighted by Crippen LogP contribution is -2.24. The van der Waals surface area contributed by atoms with Crippen molar-refractivity contribution >= 4 is 29.1 Å². The smallest absolute Gasteiger partial charge is 0.352 e. The van der Waals surface area contributed by atoms with Gasteiger partial charge in [-0.15, -0.1) is 0 Å². The van der Waals surface area contributed by atoms with Crippen LogP contribution in [0.4, 0.5) is 5.69 Å². The van der Waals surface area contributed by atoms with E-state index in [-0.39, 0.29) is 16.3 Å². The molecule has 16 heavy (non-hydrogen) atoms. The number of rotatable bonds is 2. The second-order valence-electron chi connectivity index (χ2n) is 4.14. The Hall–Kier alpha value is -1.63. The lowest BCUT2D eigenvalue weighted by atomic mass is 10.2. The average molecular weight is 243 g/mol. The fourth-order valence-electron chi connectivity index (χ4n) is 0.947. The molecule has 88 valence electrons. The van der Waals surface area contributed by atoms with Crippen molar-refractivity contribution in [2.75, 3.05) is 5.73 Å². The Kier molecular flexibility index (Phi) is 3.18. The summed E-state index contributed by atoms with van der Waals surface area (Å²) in [6.45, 7) is 5.20. The highest BCUT2D eigenvalue weighted by Gasteiger charge is 2.25. The quantitative estimate of drug-likeness (QED) is 0.746. The first kappa shape index (κ1) is 12.4. The predicted molar refractivity (Wildman–Crippen MR) is 60.2 cm³/mol. The van der Waals surface area contributed by atoms with E-state index in [1.165, 1.54) is 0 Å². The third kappa shape index (κ3) is 2.69. The van der Waals surface area contributed by atoms with Gasteiger partial charge in [-0.1, -0.05) is 0 Å². The van der Waals surface area contributed by atoms with E-state index in [9.17, 15) is 9.59 Å². The first-order valence-electron chi connectivity index (χ1n) is 4.50. The van der Waals surface area contributed by atoms with Crippen LogP contribution in [0.2, 0.25) is 0 Å². The van der Waals surface area contributed by atoms with Gasteiger partial charge in [0.1, 0.15) is 5.60 Å². The standard InChI is InChI=1S/C9H13N3O3S/c1-9(2,3)15-8(14)6-4(10)5(7(11)13)12-16-6/h10H2,1-3H3,(H2,11,13). The van der Waals surface area contributed by atoms with Gasteiger partial charge in [0.25, 0.3) is 5.91 Å². The summed E-state index contributed by atoms with van der Waals surface area (Å²) in [6.07, 6.45) is 0. The minimum absolute atomic E-state index is 0.0215. The summed E-state index contributed by atoms with van der Waals surface area (Å²) in [5.41, 5.74) is 9.86.